The van der Waals surface area contributed by atoms with Gasteiger partial charge in [0, 0.05) is 5.39 Å². The van der Waals surface area contributed by atoms with Crippen LogP contribution >= 0.6 is 0 Å². The van der Waals surface area contributed by atoms with E-state index >= 15 is 0 Å². The molecule has 0 radical (unpaired) electrons. The summed E-state index contributed by atoms with van der Waals surface area (Å²) in [6.07, 6.45) is 1.51. The Hall–Kier alpha value is -4.00. The van der Waals surface area contributed by atoms with Crippen LogP contribution in [0.3, 0.4) is 0 Å². The van der Waals surface area contributed by atoms with Crippen molar-refractivity contribution in [2.24, 2.45) is 0 Å². The van der Waals surface area contributed by atoms with E-state index in [0.29, 0.717) is 27.9 Å². The molecule has 0 spiro atoms. The third kappa shape index (κ3) is 3.33. The Morgan fingerprint density at radius 2 is 1.57 bits per heavy atom. The molecular weight excluding hydrogens is 361 g/mol. The predicted molar refractivity (Wildman–Crippen MR) is 101 cm³/mol. The summed E-state index contributed by atoms with van der Waals surface area (Å²) in [7, 11) is 0. The molecule has 2 amide bonds. The lowest BCUT2D eigenvalue weighted by Gasteiger charge is -2.11. The predicted octanol–water partition coefficient (Wildman–Crippen LogP) is 3.71. The summed E-state index contributed by atoms with van der Waals surface area (Å²) < 4.78 is 19.1. The molecule has 2 aromatic carbocycles. The standard InChI is InChI=1S/C21H14FN3O3/c22-16-8-3-1-7-14(16)20(26)24-25-21(27)15-12-18(19-10-5-11-28-19)23-17-9-4-2-6-13(15)17/h1-12H,(H,24,26)(H,25,27). The van der Waals surface area contributed by atoms with Gasteiger partial charge in [-0.3, -0.25) is 20.4 Å². The minimum atomic E-state index is -0.754. The van der Waals surface area contributed by atoms with E-state index in [2.05, 4.69) is 15.8 Å². The van der Waals surface area contributed by atoms with Crippen LogP contribution in [0.2, 0.25) is 0 Å². The zero-order valence-electron chi connectivity index (χ0n) is 14.5. The highest BCUT2D eigenvalue weighted by atomic mass is 19.1. The van der Waals surface area contributed by atoms with Crippen LogP contribution in [0.1, 0.15) is 20.7 Å². The zero-order valence-corrected chi connectivity index (χ0v) is 14.5. The summed E-state index contributed by atoms with van der Waals surface area (Å²) in [4.78, 5) is 29.4. The molecule has 28 heavy (non-hydrogen) atoms. The van der Waals surface area contributed by atoms with Gasteiger partial charge in [0.15, 0.2) is 5.76 Å². The Morgan fingerprint density at radius 1 is 0.857 bits per heavy atom. The third-order valence-electron chi connectivity index (χ3n) is 4.14. The first-order valence-electron chi connectivity index (χ1n) is 8.42. The van der Waals surface area contributed by atoms with Crippen LogP contribution in [0.5, 0.6) is 0 Å². The SMILES string of the molecule is O=C(NNC(=O)c1cc(-c2ccco2)nc2ccccc12)c1ccccc1F. The number of hydrogen-bond donors (Lipinski definition) is 2. The van der Waals surface area contributed by atoms with Gasteiger partial charge in [0.25, 0.3) is 11.8 Å². The number of halogens is 1. The number of hydrogen-bond acceptors (Lipinski definition) is 4. The van der Waals surface area contributed by atoms with Crippen LogP contribution in [0.4, 0.5) is 4.39 Å². The number of carbonyl (C=O) groups is 2. The first-order chi connectivity index (χ1) is 13.6. The van der Waals surface area contributed by atoms with Crippen molar-refractivity contribution < 1.29 is 18.4 Å². The number of carbonyl (C=O) groups excluding carboxylic acids is 2. The van der Waals surface area contributed by atoms with Gasteiger partial charge in [0.05, 0.1) is 22.9 Å². The second kappa shape index (κ2) is 7.32. The lowest BCUT2D eigenvalue weighted by molar-refractivity contribution is 0.0845. The number of hydrazine groups is 1. The molecule has 0 aliphatic rings. The van der Waals surface area contributed by atoms with Gasteiger partial charge in [-0.15, -0.1) is 0 Å². The molecule has 2 N–H and O–H groups in total. The molecule has 4 aromatic rings. The Kier molecular flexibility index (Phi) is 4.55. The molecule has 2 aromatic heterocycles. The molecule has 2 heterocycles. The van der Waals surface area contributed by atoms with E-state index in [4.69, 9.17) is 4.42 Å². The Morgan fingerprint density at radius 3 is 2.32 bits per heavy atom. The van der Waals surface area contributed by atoms with Gasteiger partial charge in [0.1, 0.15) is 11.5 Å². The van der Waals surface area contributed by atoms with Crippen LogP contribution < -0.4 is 10.9 Å². The topological polar surface area (TPSA) is 84.2 Å². The van der Waals surface area contributed by atoms with Gasteiger partial charge >= 0.3 is 0 Å². The number of amides is 2. The van der Waals surface area contributed by atoms with E-state index in [-0.39, 0.29) is 5.56 Å². The van der Waals surface area contributed by atoms with Crippen LogP contribution in [-0.2, 0) is 0 Å². The fourth-order valence-corrected chi connectivity index (χ4v) is 2.81. The summed E-state index contributed by atoms with van der Waals surface area (Å²) in [5.41, 5.74) is 5.77. The third-order valence-corrected chi connectivity index (χ3v) is 4.14. The Labute approximate surface area is 159 Å². The molecule has 0 saturated carbocycles. The summed E-state index contributed by atoms with van der Waals surface area (Å²) in [6, 6.07) is 17.7. The number of fused-ring (bicyclic) bond motifs is 1. The number of rotatable bonds is 3. The van der Waals surface area contributed by atoms with Gasteiger partial charge < -0.3 is 4.42 Å². The smallest absolute Gasteiger partial charge is 0.272 e. The molecule has 4 rings (SSSR count). The number of aromatic nitrogens is 1. The van der Waals surface area contributed by atoms with Crippen molar-refractivity contribution in [3.05, 3.63) is 89.9 Å². The highest BCUT2D eigenvalue weighted by Gasteiger charge is 2.17. The fraction of sp³-hybridized carbons (Fsp3) is 0. The van der Waals surface area contributed by atoms with Crippen molar-refractivity contribution >= 4 is 22.7 Å². The quantitative estimate of drug-likeness (QED) is 0.535. The molecule has 0 unspecified atom stereocenters. The molecule has 0 saturated heterocycles. The number of furan rings is 1. The van der Waals surface area contributed by atoms with Crippen LogP contribution in [-0.4, -0.2) is 16.8 Å². The van der Waals surface area contributed by atoms with Crippen LogP contribution in [0.15, 0.2) is 77.4 Å². The summed E-state index contributed by atoms with van der Waals surface area (Å²) >= 11 is 0. The molecule has 0 aliphatic carbocycles. The van der Waals surface area contributed by atoms with Crippen molar-refractivity contribution in [1.82, 2.24) is 15.8 Å². The minimum absolute atomic E-state index is 0.168. The highest BCUT2D eigenvalue weighted by molar-refractivity contribution is 6.08. The van der Waals surface area contributed by atoms with Crippen molar-refractivity contribution in [3.8, 4) is 11.5 Å². The molecule has 6 nitrogen and oxygen atoms in total. The van der Waals surface area contributed by atoms with E-state index in [1.807, 2.05) is 6.07 Å². The molecule has 0 aliphatic heterocycles. The largest absolute Gasteiger partial charge is 0.463 e. The highest BCUT2D eigenvalue weighted by Crippen LogP contribution is 2.25. The minimum Gasteiger partial charge on any atom is -0.463 e. The fourth-order valence-electron chi connectivity index (χ4n) is 2.81. The monoisotopic (exact) mass is 375 g/mol. The maximum atomic E-state index is 13.7. The lowest BCUT2D eigenvalue weighted by Crippen LogP contribution is -2.42. The second-order valence-corrected chi connectivity index (χ2v) is 5.94. The van der Waals surface area contributed by atoms with Gasteiger partial charge in [-0.05, 0) is 36.4 Å². The molecule has 0 bridgehead atoms. The maximum absolute atomic E-state index is 13.7. The van der Waals surface area contributed by atoms with Crippen molar-refractivity contribution in [2.75, 3.05) is 0 Å². The van der Waals surface area contributed by atoms with Gasteiger partial charge in [0.2, 0.25) is 0 Å². The Balaban J connectivity index is 1.63. The average molecular weight is 375 g/mol. The zero-order chi connectivity index (χ0) is 19.5. The normalized spacial score (nSPS) is 10.6. The van der Waals surface area contributed by atoms with Gasteiger partial charge in [-0.2, -0.15) is 0 Å². The van der Waals surface area contributed by atoms with E-state index < -0.39 is 17.6 Å². The van der Waals surface area contributed by atoms with Crippen molar-refractivity contribution in [3.63, 3.8) is 0 Å². The number of nitrogens with one attached hydrogen (secondary N) is 2. The average Bonchev–Trinajstić information content (AvgIpc) is 3.26. The summed E-state index contributed by atoms with van der Waals surface area (Å²) in [5, 5.41) is 0.607. The Bertz CT molecular complexity index is 1170. The lowest BCUT2D eigenvalue weighted by atomic mass is 10.1. The van der Waals surface area contributed by atoms with Gasteiger partial charge in [-0.25, -0.2) is 9.37 Å². The second-order valence-electron chi connectivity index (χ2n) is 5.94. The molecule has 0 fully saturated rings. The molecule has 0 atom stereocenters. The van der Waals surface area contributed by atoms with E-state index in [1.165, 1.54) is 30.5 Å². The molecule has 7 heteroatoms. The van der Waals surface area contributed by atoms with E-state index in [1.54, 1.807) is 36.4 Å². The van der Waals surface area contributed by atoms with Gasteiger partial charge in [-0.1, -0.05) is 30.3 Å². The summed E-state index contributed by atoms with van der Waals surface area (Å²) in [6.45, 7) is 0. The number of para-hydroxylation sites is 1. The molecule has 138 valence electrons. The van der Waals surface area contributed by atoms with Crippen LogP contribution in [0, 0.1) is 5.82 Å². The van der Waals surface area contributed by atoms with Crippen LogP contribution in [0.25, 0.3) is 22.4 Å². The van der Waals surface area contributed by atoms with E-state index in [0.717, 1.165) is 0 Å². The molecular formula is C21H14FN3O3. The first-order valence-corrected chi connectivity index (χ1v) is 8.42. The first kappa shape index (κ1) is 17.4. The van der Waals surface area contributed by atoms with Crippen molar-refractivity contribution in [1.29, 1.82) is 0 Å². The number of pyridine rings is 1. The maximum Gasteiger partial charge on any atom is 0.272 e. The number of benzene rings is 2. The van der Waals surface area contributed by atoms with E-state index in [9.17, 15) is 14.0 Å². The summed E-state index contributed by atoms with van der Waals surface area (Å²) in [5.74, 6) is -1.48. The van der Waals surface area contributed by atoms with Crippen molar-refractivity contribution in [2.45, 2.75) is 0 Å². The number of nitrogens with zero attached hydrogens (tertiary/aromatic N) is 1.